The Morgan fingerprint density at radius 2 is 2.00 bits per heavy atom. The maximum Gasteiger partial charge on any atom is 0.275 e. The van der Waals surface area contributed by atoms with Gasteiger partial charge in [-0.15, -0.1) is 22.7 Å². The highest BCUT2D eigenvalue weighted by Gasteiger charge is 2.35. The second kappa shape index (κ2) is 10.2. The van der Waals surface area contributed by atoms with Crippen LogP contribution in [0.1, 0.15) is 64.0 Å². The van der Waals surface area contributed by atoms with E-state index in [1.54, 1.807) is 16.2 Å². The van der Waals surface area contributed by atoms with Gasteiger partial charge in [-0.25, -0.2) is 4.98 Å². The van der Waals surface area contributed by atoms with Crippen LogP contribution in [0.4, 0.5) is 0 Å². The van der Waals surface area contributed by atoms with E-state index in [9.17, 15) is 9.59 Å². The molecule has 0 aromatic carbocycles. The zero-order valence-electron chi connectivity index (χ0n) is 17.5. The molecular formula is C23H26N4O2S2. The summed E-state index contributed by atoms with van der Waals surface area (Å²) in [6.45, 7) is 2.33. The summed E-state index contributed by atoms with van der Waals surface area (Å²) in [5.74, 6) is -0.413. The number of amides is 2. The number of rotatable bonds is 7. The van der Waals surface area contributed by atoms with Crippen LogP contribution in [0.3, 0.4) is 0 Å². The molecule has 0 radical (unpaired) electrons. The predicted molar refractivity (Wildman–Crippen MR) is 123 cm³/mol. The summed E-state index contributed by atoms with van der Waals surface area (Å²) in [4.78, 5) is 39.0. The van der Waals surface area contributed by atoms with E-state index in [-0.39, 0.29) is 23.6 Å². The fourth-order valence-electron chi connectivity index (χ4n) is 4.00. The van der Waals surface area contributed by atoms with Crippen molar-refractivity contribution in [1.29, 1.82) is 0 Å². The lowest BCUT2D eigenvalue weighted by Gasteiger charge is -2.32. The van der Waals surface area contributed by atoms with Crippen molar-refractivity contribution in [3.63, 3.8) is 0 Å². The van der Waals surface area contributed by atoms with Gasteiger partial charge >= 0.3 is 0 Å². The number of nitrogens with one attached hydrogen (secondary N) is 1. The molecule has 0 spiro atoms. The minimum atomic E-state index is -0.710. The van der Waals surface area contributed by atoms with E-state index in [0.717, 1.165) is 41.0 Å². The van der Waals surface area contributed by atoms with Gasteiger partial charge in [-0.2, -0.15) is 0 Å². The molecule has 8 heteroatoms. The Bertz CT molecular complexity index is 998. The first-order valence-electron chi connectivity index (χ1n) is 10.6. The molecule has 2 amide bonds. The monoisotopic (exact) mass is 454 g/mol. The molecule has 0 saturated heterocycles. The van der Waals surface area contributed by atoms with Crippen LogP contribution < -0.4 is 5.32 Å². The molecule has 1 aliphatic rings. The average molecular weight is 455 g/mol. The van der Waals surface area contributed by atoms with E-state index >= 15 is 0 Å². The normalized spacial score (nSPS) is 15.4. The highest BCUT2D eigenvalue weighted by Crippen LogP contribution is 2.32. The largest absolute Gasteiger partial charge is 0.351 e. The lowest BCUT2D eigenvalue weighted by Crippen LogP contribution is -2.46. The first-order chi connectivity index (χ1) is 15.1. The molecule has 1 N–H and O–H groups in total. The highest BCUT2D eigenvalue weighted by atomic mass is 32.1. The number of hydrogen-bond acceptors (Lipinski definition) is 6. The van der Waals surface area contributed by atoms with E-state index in [0.29, 0.717) is 6.54 Å². The minimum absolute atomic E-state index is 0.119. The Labute approximate surface area is 190 Å². The van der Waals surface area contributed by atoms with Crippen LogP contribution in [-0.4, -0.2) is 32.7 Å². The lowest BCUT2D eigenvalue weighted by atomic mass is 9.95. The molecule has 6 nitrogen and oxygen atoms in total. The van der Waals surface area contributed by atoms with Gasteiger partial charge in [-0.3, -0.25) is 14.6 Å². The number of carbonyl (C=O) groups excluding carboxylic acids is 2. The zero-order chi connectivity index (χ0) is 21.6. The Morgan fingerprint density at radius 3 is 2.65 bits per heavy atom. The molecule has 4 rings (SSSR count). The Kier molecular flexibility index (Phi) is 7.09. The van der Waals surface area contributed by atoms with Gasteiger partial charge in [-0.05, 0) is 48.2 Å². The Hall–Kier alpha value is -2.58. The van der Waals surface area contributed by atoms with Crippen molar-refractivity contribution >= 4 is 34.5 Å². The molecule has 162 valence electrons. The molecule has 1 saturated carbocycles. The molecule has 1 fully saturated rings. The molecule has 1 aliphatic carbocycles. The van der Waals surface area contributed by atoms with E-state index in [4.69, 9.17) is 0 Å². The van der Waals surface area contributed by atoms with E-state index < -0.39 is 6.04 Å². The van der Waals surface area contributed by atoms with Crippen LogP contribution in [-0.2, 0) is 11.3 Å². The van der Waals surface area contributed by atoms with E-state index in [1.165, 1.54) is 36.3 Å². The Morgan fingerprint density at radius 1 is 1.16 bits per heavy atom. The second-order valence-corrected chi connectivity index (χ2v) is 9.80. The van der Waals surface area contributed by atoms with Crippen LogP contribution in [0.25, 0.3) is 0 Å². The van der Waals surface area contributed by atoms with Crippen molar-refractivity contribution in [3.8, 4) is 0 Å². The number of nitrogens with zero attached hydrogens (tertiary/aromatic N) is 3. The summed E-state index contributed by atoms with van der Waals surface area (Å²) in [5, 5.41) is 7.20. The SMILES string of the molecule is Cc1ccsc1[C@H](C(=O)NC1CCCCC1)N(Cc1cccs1)C(=O)c1cnccn1. The molecule has 0 aliphatic heterocycles. The Balaban J connectivity index is 1.70. The van der Waals surface area contributed by atoms with Crippen molar-refractivity contribution in [1.82, 2.24) is 20.2 Å². The van der Waals surface area contributed by atoms with Gasteiger partial charge in [0.2, 0.25) is 5.91 Å². The maximum atomic E-state index is 13.6. The second-order valence-electron chi connectivity index (χ2n) is 7.82. The molecule has 0 bridgehead atoms. The maximum absolute atomic E-state index is 13.6. The van der Waals surface area contributed by atoms with Gasteiger partial charge < -0.3 is 10.2 Å². The number of hydrogen-bond donors (Lipinski definition) is 1. The number of thiophene rings is 2. The summed E-state index contributed by atoms with van der Waals surface area (Å²) in [6, 6.07) is 5.40. The van der Waals surface area contributed by atoms with Crippen LogP contribution in [0.15, 0.2) is 47.5 Å². The fourth-order valence-corrected chi connectivity index (χ4v) is 5.74. The van der Waals surface area contributed by atoms with Crippen LogP contribution in [0.2, 0.25) is 0 Å². The highest BCUT2D eigenvalue weighted by molar-refractivity contribution is 7.10. The van der Waals surface area contributed by atoms with Crippen molar-refractivity contribution in [2.45, 2.75) is 57.7 Å². The smallest absolute Gasteiger partial charge is 0.275 e. The molecule has 3 heterocycles. The first kappa shape index (κ1) is 21.6. The molecule has 1 atom stereocenters. The van der Waals surface area contributed by atoms with Gasteiger partial charge in [0.15, 0.2) is 0 Å². The third-order valence-corrected chi connectivity index (χ3v) is 7.54. The quantitative estimate of drug-likeness (QED) is 0.559. The van der Waals surface area contributed by atoms with Gasteiger partial charge in [0.1, 0.15) is 11.7 Å². The summed E-state index contributed by atoms with van der Waals surface area (Å²) in [5.41, 5.74) is 1.25. The molecule has 3 aromatic heterocycles. The third-order valence-electron chi connectivity index (χ3n) is 5.61. The van der Waals surface area contributed by atoms with Gasteiger partial charge in [-0.1, -0.05) is 25.3 Å². The minimum Gasteiger partial charge on any atom is -0.351 e. The molecule has 0 unspecified atom stereocenters. The predicted octanol–water partition coefficient (Wildman–Crippen LogP) is 4.74. The van der Waals surface area contributed by atoms with Gasteiger partial charge in [0.05, 0.1) is 12.7 Å². The zero-order valence-corrected chi connectivity index (χ0v) is 19.1. The summed E-state index contributed by atoms with van der Waals surface area (Å²) in [6.07, 6.45) is 9.96. The number of carbonyl (C=O) groups is 2. The average Bonchev–Trinajstić information content (AvgIpc) is 3.46. The van der Waals surface area contributed by atoms with E-state index in [2.05, 4.69) is 15.3 Å². The standard InChI is InChI=1S/C23H26N4O2S2/c1-16-9-13-31-21(16)20(22(28)26-17-6-3-2-4-7-17)27(15-18-8-5-12-30-18)23(29)19-14-24-10-11-25-19/h5,8-14,17,20H,2-4,6-7,15H2,1H3,(H,26,28)/t20-/m1/s1. The first-order valence-corrected chi connectivity index (χ1v) is 12.3. The van der Waals surface area contributed by atoms with Gasteiger partial charge in [0.25, 0.3) is 5.91 Å². The summed E-state index contributed by atoms with van der Waals surface area (Å²) in [7, 11) is 0. The summed E-state index contributed by atoms with van der Waals surface area (Å²) < 4.78 is 0. The third kappa shape index (κ3) is 5.19. The topological polar surface area (TPSA) is 75.2 Å². The number of aryl methyl sites for hydroxylation is 1. The molecule has 31 heavy (non-hydrogen) atoms. The van der Waals surface area contributed by atoms with Crippen LogP contribution >= 0.6 is 22.7 Å². The fraction of sp³-hybridized carbons (Fsp3) is 0.391. The van der Waals surface area contributed by atoms with Gasteiger partial charge in [0, 0.05) is 28.2 Å². The van der Waals surface area contributed by atoms with Crippen LogP contribution in [0.5, 0.6) is 0 Å². The van der Waals surface area contributed by atoms with Crippen molar-refractivity contribution in [2.75, 3.05) is 0 Å². The lowest BCUT2D eigenvalue weighted by molar-refractivity contribution is -0.127. The summed E-state index contributed by atoms with van der Waals surface area (Å²) >= 11 is 3.09. The van der Waals surface area contributed by atoms with E-state index in [1.807, 2.05) is 35.9 Å². The van der Waals surface area contributed by atoms with Crippen LogP contribution in [0, 0.1) is 6.92 Å². The van der Waals surface area contributed by atoms with Crippen molar-refractivity contribution < 1.29 is 9.59 Å². The number of aromatic nitrogens is 2. The molecular weight excluding hydrogens is 428 g/mol. The van der Waals surface area contributed by atoms with Crippen molar-refractivity contribution in [3.05, 3.63) is 68.6 Å². The van der Waals surface area contributed by atoms with Crippen molar-refractivity contribution in [2.24, 2.45) is 0 Å². The molecule has 3 aromatic rings.